The summed E-state index contributed by atoms with van der Waals surface area (Å²) in [6.45, 7) is 0. The Morgan fingerprint density at radius 1 is 1.24 bits per heavy atom. The topological polar surface area (TPSA) is 20.2 Å². The van der Waals surface area contributed by atoms with Gasteiger partial charge in [0.05, 0.1) is 0 Å². The van der Waals surface area contributed by atoms with E-state index in [1.807, 2.05) is 48.6 Å². The van der Waals surface area contributed by atoms with Crippen LogP contribution >= 0.6 is 12.2 Å². The molecule has 0 heterocycles. The van der Waals surface area contributed by atoms with Gasteiger partial charge in [0.1, 0.15) is 6.10 Å². The van der Waals surface area contributed by atoms with Gasteiger partial charge in [-0.25, -0.2) is 0 Å². The first-order valence-electron chi connectivity index (χ1n) is 5.42. The molecule has 2 rings (SSSR count). The van der Waals surface area contributed by atoms with E-state index in [9.17, 15) is 5.11 Å². The van der Waals surface area contributed by atoms with Crippen LogP contribution in [0.25, 0.3) is 0 Å². The number of benzene rings is 1. The van der Waals surface area contributed by atoms with Crippen LogP contribution < -0.4 is 0 Å². The molecular weight excluding hydrogens is 228 g/mol. The van der Waals surface area contributed by atoms with Gasteiger partial charge in [-0.15, -0.1) is 0 Å². The molecule has 2 heteroatoms. The largest absolute Gasteiger partial charge is 0.376 e. The van der Waals surface area contributed by atoms with Crippen LogP contribution in [0.1, 0.15) is 18.1 Å². The monoisotopic (exact) mass is 240 g/mol. The van der Waals surface area contributed by atoms with Crippen LogP contribution in [-0.2, 0) is 0 Å². The Morgan fingerprint density at radius 3 is 2.71 bits per heavy atom. The third kappa shape index (κ3) is 3.13. The zero-order chi connectivity index (χ0) is 12.1. The summed E-state index contributed by atoms with van der Waals surface area (Å²) in [6.07, 6.45) is 5.83. The normalized spacial score (nSPS) is 15.8. The van der Waals surface area contributed by atoms with E-state index in [2.05, 4.69) is 11.8 Å². The minimum atomic E-state index is -0.759. The first-order valence-corrected chi connectivity index (χ1v) is 5.83. The molecule has 84 valence electrons. The van der Waals surface area contributed by atoms with Gasteiger partial charge in [-0.2, -0.15) is 0 Å². The first-order chi connectivity index (χ1) is 8.27. The fourth-order valence-corrected chi connectivity index (χ4v) is 1.73. The molecule has 1 aromatic rings. The molecule has 0 aliphatic heterocycles. The highest BCUT2D eigenvalue weighted by Gasteiger charge is 2.05. The Kier molecular flexibility index (Phi) is 3.87. The van der Waals surface area contributed by atoms with E-state index in [4.69, 9.17) is 12.2 Å². The van der Waals surface area contributed by atoms with Gasteiger partial charge in [0.2, 0.25) is 0 Å². The van der Waals surface area contributed by atoms with Gasteiger partial charge in [0.15, 0.2) is 0 Å². The molecule has 17 heavy (non-hydrogen) atoms. The molecule has 1 atom stereocenters. The Balaban J connectivity index is 2.14. The zero-order valence-corrected chi connectivity index (χ0v) is 10.1. The quantitative estimate of drug-likeness (QED) is 0.601. The van der Waals surface area contributed by atoms with Crippen molar-refractivity contribution >= 4 is 17.1 Å². The Labute approximate surface area is 106 Å². The van der Waals surface area contributed by atoms with E-state index >= 15 is 0 Å². The number of hydrogen-bond donors (Lipinski definition) is 1. The van der Waals surface area contributed by atoms with E-state index < -0.39 is 6.10 Å². The fourth-order valence-electron chi connectivity index (χ4n) is 1.52. The standard InChI is InChI=1S/C15H12OS/c16-14(12-6-2-1-3-7-12)11-10-13-8-4-5-9-15(13)17/h1-8,14,16H,9H2. The summed E-state index contributed by atoms with van der Waals surface area (Å²) < 4.78 is 0. The second kappa shape index (κ2) is 5.58. The van der Waals surface area contributed by atoms with Crippen LogP contribution in [0.4, 0.5) is 0 Å². The lowest BCUT2D eigenvalue weighted by Gasteiger charge is -2.05. The molecule has 1 aliphatic rings. The lowest BCUT2D eigenvalue weighted by atomic mass is 10.0. The Hall–Kier alpha value is -1.69. The third-order valence-electron chi connectivity index (χ3n) is 2.46. The van der Waals surface area contributed by atoms with Crippen LogP contribution in [0.2, 0.25) is 0 Å². The van der Waals surface area contributed by atoms with Crippen LogP contribution in [0.3, 0.4) is 0 Å². The second-order valence-electron chi connectivity index (χ2n) is 3.72. The number of thiocarbonyl (C=S) groups is 1. The molecule has 0 radical (unpaired) electrons. The zero-order valence-electron chi connectivity index (χ0n) is 9.26. The average Bonchev–Trinajstić information content (AvgIpc) is 2.38. The molecule has 0 bridgehead atoms. The number of rotatable bonds is 1. The fraction of sp³-hybridized carbons (Fsp3) is 0.133. The molecule has 1 aromatic carbocycles. The molecule has 0 spiro atoms. The lowest BCUT2D eigenvalue weighted by Crippen LogP contribution is -2.00. The van der Waals surface area contributed by atoms with Crippen molar-refractivity contribution < 1.29 is 5.11 Å². The summed E-state index contributed by atoms with van der Waals surface area (Å²) >= 11 is 5.19. The number of aliphatic hydroxyl groups excluding tert-OH is 1. The van der Waals surface area contributed by atoms with Crippen molar-refractivity contribution in [3.05, 3.63) is 59.7 Å². The molecule has 0 saturated carbocycles. The summed E-state index contributed by atoms with van der Waals surface area (Å²) in [7, 11) is 0. The van der Waals surface area contributed by atoms with Crippen molar-refractivity contribution in [2.45, 2.75) is 12.5 Å². The van der Waals surface area contributed by atoms with Crippen LogP contribution in [0.15, 0.2) is 54.1 Å². The van der Waals surface area contributed by atoms with E-state index in [1.54, 1.807) is 0 Å². The van der Waals surface area contributed by atoms with E-state index in [0.29, 0.717) is 0 Å². The van der Waals surface area contributed by atoms with Crippen LogP contribution in [0.5, 0.6) is 0 Å². The van der Waals surface area contributed by atoms with Crippen LogP contribution in [0, 0.1) is 11.8 Å². The van der Waals surface area contributed by atoms with E-state index in [1.165, 1.54) is 0 Å². The highest BCUT2D eigenvalue weighted by molar-refractivity contribution is 7.80. The first kappa shape index (κ1) is 11.8. The smallest absolute Gasteiger partial charge is 0.140 e. The van der Waals surface area contributed by atoms with Gasteiger partial charge in [-0.3, -0.25) is 0 Å². The van der Waals surface area contributed by atoms with Crippen molar-refractivity contribution in [3.63, 3.8) is 0 Å². The van der Waals surface area contributed by atoms with Gasteiger partial charge >= 0.3 is 0 Å². The summed E-state index contributed by atoms with van der Waals surface area (Å²) in [6, 6.07) is 9.38. The second-order valence-corrected chi connectivity index (χ2v) is 4.21. The molecule has 0 fully saturated rings. The predicted molar refractivity (Wildman–Crippen MR) is 73.6 cm³/mol. The third-order valence-corrected chi connectivity index (χ3v) is 2.85. The summed E-state index contributed by atoms with van der Waals surface area (Å²) in [5.74, 6) is 5.75. The molecule has 1 nitrogen and oxygen atoms in total. The number of aliphatic hydroxyl groups is 1. The van der Waals surface area contributed by atoms with Crippen molar-refractivity contribution in [1.82, 2.24) is 0 Å². The van der Waals surface area contributed by atoms with Crippen molar-refractivity contribution in [2.24, 2.45) is 0 Å². The van der Waals surface area contributed by atoms with Gasteiger partial charge in [-0.05, 0) is 11.6 Å². The summed E-state index contributed by atoms with van der Waals surface area (Å²) in [4.78, 5) is 0.834. The SMILES string of the molecule is OC(C#CC1=CC=CCC1=S)c1ccccc1. The molecular formula is C15H12OS. The van der Waals surface area contributed by atoms with Crippen molar-refractivity contribution in [1.29, 1.82) is 0 Å². The van der Waals surface area contributed by atoms with Crippen LogP contribution in [-0.4, -0.2) is 9.97 Å². The summed E-state index contributed by atoms with van der Waals surface area (Å²) in [5, 5.41) is 9.88. The van der Waals surface area contributed by atoms with E-state index in [0.717, 1.165) is 22.4 Å². The highest BCUT2D eigenvalue weighted by atomic mass is 32.1. The molecule has 1 N–H and O–H groups in total. The van der Waals surface area contributed by atoms with Gasteiger partial charge in [-0.1, -0.05) is 66.5 Å². The molecule has 0 amide bonds. The molecule has 0 saturated heterocycles. The van der Waals surface area contributed by atoms with Gasteiger partial charge in [0, 0.05) is 16.9 Å². The van der Waals surface area contributed by atoms with Crippen molar-refractivity contribution in [3.8, 4) is 11.8 Å². The van der Waals surface area contributed by atoms with Crippen molar-refractivity contribution in [2.75, 3.05) is 0 Å². The van der Waals surface area contributed by atoms with Gasteiger partial charge in [0.25, 0.3) is 0 Å². The minimum Gasteiger partial charge on any atom is -0.376 e. The summed E-state index contributed by atoms with van der Waals surface area (Å²) in [5.41, 5.74) is 1.63. The minimum absolute atomic E-state index is 0.759. The Morgan fingerprint density at radius 2 is 2.00 bits per heavy atom. The number of hydrogen-bond acceptors (Lipinski definition) is 2. The average molecular weight is 240 g/mol. The molecule has 1 aliphatic carbocycles. The maximum absolute atomic E-state index is 9.88. The highest BCUT2D eigenvalue weighted by Crippen LogP contribution is 2.12. The maximum atomic E-state index is 9.88. The lowest BCUT2D eigenvalue weighted by molar-refractivity contribution is 0.238. The van der Waals surface area contributed by atoms with E-state index in [-0.39, 0.29) is 0 Å². The molecule has 0 aromatic heterocycles. The maximum Gasteiger partial charge on any atom is 0.140 e. The predicted octanol–water partition coefficient (Wildman–Crippen LogP) is 2.98. The number of allylic oxidation sites excluding steroid dienone is 4. The molecule has 1 unspecified atom stereocenters. The Bertz CT molecular complexity index is 529. The van der Waals surface area contributed by atoms with Gasteiger partial charge < -0.3 is 5.11 Å².